The Hall–Kier alpha value is -2.43. The van der Waals surface area contributed by atoms with E-state index >= 15 is 0 Å². The molecule has 0 unspecified atom stereocenters. The van der Waals surface area contributed by atoms with Crippen LogP contribution in [-0.4, -0.2) is 24.8 Å². The molecule has 0 bridgehead atoms. The van der Waals surface area contributed by atoms with Gasteiger partial charge in [0.15, 0.2) is 23.1 Å². The Kier molecular flexibility index (Phi) is 4.55. The zero-order valence-corrected chi connectivity index (χ0v) is 12.6. The molecule has 0 N–H and O–H groups in total. The van der Waals surface area contributed by atoms with Gasteiger partial charge in [0, 0.05) is 24.8 Å². The Morgan fingerprint density at radius 3 is 2.43 bits per heavy atom. The molecular formula is C18H17FO4. The molecule has 0 saturated carbocycles. The maximum absolute atomic E-state index is 12.9. The topological polar surface area (TPSA) is 52.6 Å². The van der Waals surface area contributed by atoms with Crippen molar-refractivity contribution in [3.05, 3.63) is 47.3 Å². The molecule has 1 aliphatic heterocycles. The Labute approximate surface area is 133 Å². The molecule has 4 nitrogen and oxygen atoms in total. The number of hydrogen-bond acceptors (Lipinski definition) is 4. The van der Waals surface area contributed by atoms with E-state index < -0.39 is 0 Å². The van der Waals surface area contributed by atoms with Crippen LogP contribution in [0.5, 0.6) is 11.5 Å². The Morgan fingerprint density at radius 1 is 0.957 bits per heavy atom. The first kappa shape index (κ1) is 15.5. The standard InChI is InChI=1S/C18H17FO4/c19-14-4-1-12(2-5-14)15(20)6-7-16(21)13-3-8-17-18(11-13)23-10-9-22-17/h1,3-4,8,11H,2,5-7,9-10H2. The van der Waals surface area contributed by atoms with Gasteiger partial charge in [-0.3, -0.25) is 9.59 Å². The second-order valence-corrected chi connectivity index (χ2v) is 5.51. The summed E-state index contributed by atoms with van der Waals surface area (Å²) < 4.78 is 23.8. The number of allylic oxidation sites excluding steroid dienone is 4. The van der Waals surface area contributed by atoms with E-state index in [1.807, 2.05) is 0 Å². The smallest absolute Gasteiger partial charge is 0.163 e. The van der Waals surface area contributed by atoms with Crippen molar-refractivity contribution in [3.63, 3.8) is 0 Å². The summed E-state index contributed by atoms with van der Waals surface area (Å²) in [6.45, 7) is 0.959. The van der Waals surface area contributed by atoms with Gasteiger partial charge in [0.1, 0.15) is 19.0 Å². The number of carbonyl (C=O) groups excluding carboxylic acids is 2. The molecular weight excluding hydrogens is 299 g/mol. The van der Waals surface area contributed by atoms with E-state index in [-0.39, 0.29) is 36.7 Å². The second kappa shape index (κ2) is 6.77. The third-order valence-electron chi connectivity index (χ3n) is 3.90. The third kappa shape index (κ3) is 3.67. The average molecular weight is 316 g/mol. The van der Waals surface area contributed by atoms with Crippen molar-refractivity contribution in [3.8, 4) is 11.5 Å². The van der Waals surface area contributed by atoms with Gasteiger partial charge in [-0.2, -0.15) is 0 Å². The quantitative estimate of drug-likeness (QED) is 0.779. The van der Waals surface area contributed by atoms with E-state index in [9.17, 15) is 14.0 Å². The van der Waals surface area contributed by atoms with Crippen molar-refractivity contribution in [2.45, 2.75) is 25.7 Å². The van der Waals surface area contributed by atoms with Crippen molar-refractivity contribution in [1.82, 2.24) is 0 Å². The number of fused-ring (bicyclic) bond motifs is 1. The molecule has 0 fully saturated rings. The lowest BCUT2D eigenvalue weighted by atomic mass is 9.96. The third-order valence-corrected chi connectivity index (χ3v) is 3.90. The number of ether oxygens (including phenoxy) is 2. The molecule has 3 rings (SSSR count). The number of carbonyl (C=O) groups is 2. The maximum Gasteiger partial charge on any atom is 0.163 e. The van der Waals surface area contributed by atoms with Crippen LogP contribution in [0.4, 0.5) is 4.39 Å². The number of Topliss-reactive ketones (excluding diaryl/α,β-unsaturated/α-hetero) is 2. The Bertz CT molecular complexity index is 703. The Balaban J connectivity index is 1.60. The summed E-state index contributed by atoms with van der Waals surface area (Å²) in [5.74, 6) is 0.760. The van der Waals surface area contributed by atoms with E-state index in [2.05, 4.69) is 0 Å². The van der Waals surface area contributed by atoms with Gasteiger partial charge in [0.2, 0.25) is 0 Å². The van der Waals surface area contributed by atoms with E-state index in [4.69, 9.17) is 9.47 Å². The van der Waals surface area contributed by atoms with Gasteiger partial charge in [-0.05, 0) is 36.3 Å². The molecule has 2 aliphatic rings. The van der Waals surface area contributed by atoms with Crippen LogP contribution >= 0.6 is 0 Å². The van der Waals surface area contributed by atoms with Gasteiger partial charge in [-0.25, -0.2) is 4.39 Å². The normalized spacial score (nSPS) is 16.4. The summed E-state index contributed by atoms with van der Waals surface area (Å²) in [7, 11) is 0. The molecule has 1 aromatic rings. The summed E-state index contributed by atoms with van der Waals surface area (Å²) in [5.41, 5.74) is 1.09. The summed E-state index contributed by atoms with van der Waals surface area (Å²) in [6.07, 6.45) is 3.75. The number of ketones is 2. The molecule has 1 heterocycles. The zero-order valence-electron chi connectivity index (χ0n) is 12.6. The lowest BCUT2D eigenvalue weighted by molar-refractivity contribution is -0.115. The lowest BCUT2D eigenvalue weighted by Gasteiger charge is -2.18. The van der Waals surface area contributed by atoms with Crippen LogP contribution < -0.4 is 9.47 Å². The highest BCUT2D eigenvalue weighted by molar-refractivity contribution is 6.02. The van der Waals surface area contributed by atoms with Crippen molar-refractivity contribution < 1.29 is 23.5 Å². The maximum atomic E-state index is 12.9. The van der Waals surface area contributed by atoms with Gasteiger partial charge in [-0.15, -0.1) is 0 Å². The number of rotatable bonds is 5. The molecule has 0 atom stereocenters. The van der Waals surface area contributed by atoms with Crippen LogP contribution in [0, 0.1) is 0 Å². The van der Waals surface area contributed by atoms with Gasteiger partial charge in [-0.1, -0.05) is 6.08 Å². The van der Waals surface area contributed by atoms with Gasteiger partial charge in [0.25, 0.3) is 0 Å². The fraction of sp³-hybridized carbons (Fsp3) is 0.333. The summed E-state index contributed by atoms with van der Waals surface area (Å²) in [5, 5.41) is 0. The van der Waals surface area contributed by atoms with Crippen molar-refractivity contribution in [1.29, 1.82) is 0 Å². The van der Waals surface area contributed by atoms with Gasteiger partial charge in [0.05, 0.1) is 0 Å². The number of halogens is 1. The first-order valence-corrected chi connectivity index (χ1v) is 7.65. The molecule has 0 spiro atoms. The monoisotopic (exact) mass is 316 g/mol. The molecule has 1 aliphatic carbocycles. The molecule has 5 heteroatoms. The SMILES string of the molecule is O=C(CCC(=O)c1ccc2c(c1)OCCO2)C1=CC=C(F)CC1. The molecule has 0 aromatic heterocycles. The molecule has 0 amide bonds. The summed E-state index contributed by atoms with van der Waals surface area (Å²) in [6, 6.07) is 5.04. The fourth-order valence-electron chi connectivity index (χ4n) is 2.59. The molecule has 1 aromatic carbocycles. The van der Waals surface area contributed by atoms with Crippen LogP contribution in [0.2, 0.25) is 0 Å². The number of hydrogen-bond donors (Lipinski definition) is 0. The Morgan fingerprint density at radius 2 is 1.70 bits per heavy atom. The van der Waals surface area contributed by atoms with Crippen molar-refractivity contribution in [2.75, 3.05) is 13.2 Å². The van der Waals surface area contributed by atoms with Crippen LogP contribution in [-0.2, 0) is 4.79 Å². The van der Waals surface area contributed by atoms with Crippen molar-refractivity contribution in [2.24, 2.45) is 0 Å². The molecule has 0 saturated heterocycles. The first-order valence-electron chi connectivity index (χ1n) is 7.65. The van der Waals surface area contributed by atoms with E-state index in [0.717, 1.165) is 0 Å². The highest BCUT2D eigenvalue weighted by Crippen LogP contribution is 2.31. The predicted octanol–water partition coefficient (Wildman–Crippen LogP) is 3.56. The minimum Gasteiger partial charge on any atom is -0.486 e. The average Bonchev–Trinajstić information content (AvgIpc) is 2.59. The van der Waals surface area contributed by atoms with Crippen LogP contribution in [0.3, 0.4) is 0 Å². The van der Waals surface area contributed by atoms with Crippen LogP contribution in [0.15, 0.2) is 41.8 Å². The summed E-state index contributed by atoms with van der Waals surface area (Å²) in [4.78, 5) is 24.3. The molecule has 0 radical (unpaired) electrons. The largest absolute Gasteiger partial charge is 0.486 e. The zero-order chi connectivity index (χ0) is 16.2. The molecule has 120 valence electrons. The first-order chi connectivity index (χ1) is 11.1. The fourth-order valence-corrected chi connectivity index (χ4v) is 2.59. The van der Waals surface area contributed by atoms with E-state index in [0.29, 0.717) is 42.3 Å². The minimum atomic E-state index is -0.214. The minimum absolute atomic E-state index is 0.0976. The van der Waals surface area contributed by atoms with Gasteiger partial charge < -0.3 is 9.47 Å². The van der Waals surface area contributed by atoms with Crippen LogP contribution in [0.1, 0.15) is 36.0 Å². The van der Waals surface area contributed by atoms with Crippen molar-refractivity contribution >= 4 is 11.6 Å². The molecule has 23 heavy (non-hydrogen) atoms. The summed E-state index contributed by atoms with van der Waals surface area (Å²) >= 11 is 0. The van der Waals surface area contributed by atoms with Gasteiger partial charge >= 0.3 is 0 Å². The second-order valence-electron chi connectivity index (χ2n) is 5.51. The highest BCUT2D eigenvalue weighted by Gasteiger charge is 2.18. The lowest BCUT2D eigenvalue weighted by Crippen LogP contribution is -2.16. The number of benzene rings is 1. The highest BCUT2D eigenvalue weighted by atomic mass is 19.1. The van der Waals surface area contributed by atoms with E-state index in [1.54, 1.807) is 18.2 Å². The van der Waals surface area contributed by atoms with Crippen LogP contribution in [0.25, 0.3) is 0 Å². The predicted molar refractivity (Wildman–Crippen MR) is 82.5 cm³/mol. The van der Waals surface area contributed by atoms with E-state index in [1.165, 1.54) is 12.2 Å².